The third-order valence-electron chi connectivity index (χ3n) is 2.05. The lowest BCUT2D eigenvalue weighted by Crippen LogP contribution is -2.27. The Morgan fingerprint density at radius 3 is 2.46 bits per heavy atom. The first kappa shape index (κ1) is 12.5. The fourth-order valence-corrected chi connectivity index (χ4v) is 1.20. The molecule has 0 heterocycles. The summed E-state index contributed by atoms with van der Waals surface area (Å²) in [5, 5.41) is 3.45. The zero-order chi connectivity index (χ0) is 10.1. The van der Waals surface area contributed by atoms with E-state index in [1.165, 1.54) is 12.8 Å². The Hall–Kier alpha value is -0.480. The van der Waals surface area contributed by atoms with Crippen LogP contribution in [0.1, 0.15) is 47.0 Å². The van der Waals surface area contributed by atoms with E-state index in [1.807, 2.05) is 6.92 Å². The van der Waals surface area contributed by atoms with Crippen molar-refractivity contribution in [2.75, 3.05) is 6.54 Å². The van der Waals surface area contributed by atoms with Crippen molar-refractivity contribution in [2.24, 2.45) is 5.92 Å². The van der Waals surface area contributed by atoms with Crippen LogP contribution in [0.5, 0.6) is 0 Å². The standard InChI is InChI=1S/C12H23N/c1-5-6-7-8-9-12(4)10-13-11(2)3/h11-13H,7-10H2,1-4H3. The summed E-state index contributed by atoms with van der Waals surface area (Å²) in [5.41, 5.74) is 0. The molecule has 0 amide bonds. The molecule has 0 bridgehead atoms. The molecule has 0 aromatic heterocycles. The van der Waals surface area contributed by atoms with Crippen LogP contribution < -0.4 is 5.32 Å². The van der Waals surface area contributed by atoms with Crippen molar-refractivity contribution in [3.05, 3.63) is 0 Å². The Labute approximate surface area is 83.3 Å². The van der Waals surface area contributed by atoms with Crippen LogP contribution in [0.4, 0.5) is 0 Å². The lowest BCUT2D eigenvalue weighted by Gasteiger charge is -2.13. The normalized spacial score (nSPS) is 12.4. The van der Waals surface area contributed by atoms with Crippen molar-refractivity contribution in [3.63, 3.8) is 0 Å². The highest BCUT2D eigenvalue weighted by atomic mass is 14.9. The highest BCUT2D eigenvalue weighted by molar-refractivity contribution is 4.94. The minimum atomic E-state index is 0.609. The van der Waals surface area contributed by atoms with Gasteiger partial charge in [0.1, 0.15) is 0 Å². The molecule has 1 nitrogen and oxygen atoms in total. The average Bonchev–Trinajstić information content (AvgIpc) is 2.09. The van der Waals surface area contributed by atoms with Crippen molar-refractivity contribution in [3.8, 4) is 11.8 Å². The molecule has 0 saturated heterocycles. The van der Waals surface area contributed by atoms with E-state index in [9.17, 15) is 0 Å². The molecule has 76 valence electrons. The van der Waals surface area contributed by atoms with Gasteiger partial charge in [-0.15, -0.1) is 11.8 Å². The largest absolute Gasteiger partial charge is 0.314 e. The molecule has 1 N–H and O–H groups in total. The Morgan fingerprint density at radius 2 is 1.92 bits per heavy atom. The maximum Gasteiger partial charge on any atom is 0.00886 e. The van der Waals surface area contributed by atoms with Gasteiger partial charge in [-0.3, -0.25) is 0 Å². The lowest BCUT2D eigenvalue weighted by atomic mass is 10.0. The molecular formula is C12H23N. The van der Waals surface area contributed by atoms with Gasteiger partial charge in [0.15, 0.2) is 0 Å². The molecule has 0 rings (SSSR count). The summed E-state index contributed by atoms with van der Waals surface area (Å²) in [5.74, 6) is 6.80. The van der Waals surface area contributed by atoms with Gasteiger partial charge in [-0.1, -0.05) is 20.8 Å². The number of unbranched alkanes of at least 4 members (excludes halogenated alkanes) is 1. The van der Waals surface area contributed by atoms with E-state index in [0.29, 0.717) is 6.04 Å². The van der Waals surface area contributed by atoms with Gasteiger partial charge in [0.2, 0.25) is 0 Å². The number of hydrogen-bond donors (Lipinski definition) is 1. The second-order valence-electron chi connectivity index (χ2n) is 3.99. The maximum absolute atomic E-state index is 3.45. The van der Waals surface area contributed by atoms with E-state index in [1.54, 1.807) is 0 Å². The van der Waals surface area contributed by atoms with Gasteiger partial charge in [-0.05, 0) is 32.2 Å². The number of rotatable bonds is 6. The Morgan fingerprint density at radius 1 is 1.23 bits per heavy atom. The van der Waals surface area contributed by atoms with E-state index in [2.05, 4.69) is 37.9 Å². The summed E-state index contributed by atoms with van der Waals surface area (Å²) in [7, 11) is 0. The van der Waals surface area contributed by atoms with E-state index in [4.69, 9.17) is 0 Å². The summed E-state index contributed by atoms with van der Waals surface area (Å²) >= 11 is 0. The number of hydrogen-bond acceptors (Lipinski definition) is 1. The Bertz CT molecular complexity index is 162. The van der Waals surface area contributed by atoms with Crippen LogP contribution in [-0.2, 0) is 0 Å². The van der Waals surface area contributed by atoms with Crippen LogP contribution >= 0.6 is 0 Å². The number of nitrogens with one attached hydrogen (secondary N) is 1. The molecular weight excluding hydrogens is 158 g/mol. The van der Waals surface area contributed by atoms with Crippen LogP contribution in [0.2, 0.25) is 0 Å². The molecule has 0 aliphatic rings. The SMILES string of the molecule is CC#CCCCC(C)CNC(C)C. The van der Waals surface area contributed by atoms with Crippen LogP contribution in [0, 0.1) is 17.8 Å². The zero-order valence-electron chi connectivity index (χ0n) is 9.48. The van der Waals surface area contributed by atoms with Crippen molar-refractivity contribution in [1.29, 1.82) is 0 Å². The zero-order valence-corrected chi connectivity index (χ0v) is 9.48. The van der Waals surface area contributed by atoms with Crippen molar-refractivity contribution >= 4 is 0 Å². The summed E-state index contributed by atoms with van der Waals surface area (Å²) in [4.78, 5) is 0. The smallest absolute Gasteiger partial charge is 0.00886 e. The van der Waals surface area contributed by atoms with E-state index in [-0.39, 0.29) is 0 Å². The average molecular weight is 181 g/mol. The van der Waals surface area contributed by atoms with E-state index in [0.717, 1.165) is 18.9 Å². The van der Waals surface area contributed by atoms with Crippen LogP contribution in [0.25, 0.3) is 0 Å². The molecule has 0 aromatic carbocycles. The van der Waals surface area contributed by atoms with Gasteiger partial charge in [0, 0.05) is 12.5 Å². The van der Waals surface area contributed by atoms with E-state index >= 15 is 0 Å². The molecule has 0 aromatic rings. The van der Waals surface area contributed by atoms with Gasteiger partial charge in [0.05, 0.1) is 0 Å². The molecule has 0 aliphatic carbocycles. The van der Waals surface area contributed by atoms with E-state index < -0.39 is 0 Å². The first-order valence-corrected chi connectivity index (χ1v) is 5.29. The molecule has 0 fully saturated rings. The van der Waals surface area contributed by atoms with Gasteiger partial charge >= 0.3 is 0 Å². The molecule has 1 heteroatoms. The van der Waals surface area contributed by atoms with Gasteiger partial charge in [0.25, 0.3) is 0 Å². The van der Waals surface area contributed by atoms with Crippen LogP contribution in [-0.4, -0.2) is 12.6 Å². The first-order chi connectivity index (χ1) is 6.16. The topological polar surface area (TPSA) is 12.0 Å². The second kappa shape index (κ2) is 8.13. The van der Waals surface area contributed by atoms with Gasteiger partial charge in [-0.2, -0.15) is 0 Å². The van der Waals surface area contributed by atoms with Gasteiger partial charge < -0.3 is 5.32 Å². The quantitative estimate of drug-likeness (QED) is 0.491. The molecule has 0 saturated carbocycles. The van der Waals surface area contributed by atoms with Crippen LogP contribution in [0.3, 0.4) is 0 Å². The summed E-state index contributed by atoms with van der Waals surface area (Å²) in [6, 6.07) is 0.609. The fraction of sp³-hybridized carbons (Fsp3) is 0.833. The first-order valence-electron chi connectivity index (χ1n) is 5.29. The molecule has 0 radical (unpaired) electrons. The summed E-state index contributed by atoms with van der Waals surface area (Å²) < 4.78 is 0. The van der Waals surface area contributed by atoms with Crippen molar-refractivity contribution in [1.82, 2.24) is 5.32 Å². The van der Waals surface area contributed by atoms with Crippen LogP contribution in [0.15, 0.2) is 0 Å². The summed E-state index contributed by atoms with van der Waals surface area (Å²) in [6.07, 6.45) is 3.58. The highest BCUT2D eigenvalue weighted by Crippen LogP contribution is 2.06. The molecule has 1 atom stereocenters. The molecule has 1 unspecified atom stereocenters. The lowest BCUT2D eigenvalue weighted by molar-refractivity contribution is 0.445. The predicted molar refractivity (Wildman–Crippen MR) is 59.6 cm³/mol. The minimum absolute atomic E-state index is 0.609. The highest BCUT2D eigenvalue weighted by Gasteiger charge is 2.01. The Balaban J connectivity index is 3.28. The van der Waals surface area contributed by atoms with Crippen molar-refractivity contribution < 1.29 is 0 Å². The maximum atomic E-state index is 3.45. The predicted octanol–water partition coefficient (Wildman–Crippen LogP) is 2.81. The summed E-state index contributed by atoms with van der Waals surface area (Å²) in [6.45, 7) is 9.72. The fourth-order valence-electron chi connectivity index (χ4n) is 1.20. The Kier molecular flexibility index (Phi) is 7.83. The minimum Gasteiger partial charge on any atom is -0.314 e. The van der Waals surface area contributed by atoms with Crippen molar-refractivity contribution in [2.45, 2.75) is 53.0 Å². The molecule has 0 aliphatic heterocycles. The third-order valence-corrected chi connectivity index (χ3v) is 2.05. The monoisotopic (exact) mass is 181 g/mol. The third kappa shape index (κ3) is 9.43. The molecule has 0 spiro atoms. The van der Waals surface area contributed by atoms with Gasteiger partial charge in [-0.25, -0.2) is 0 Å². The molecule has 13 heavy (non-hydrogen) atoms. The second-order valence-corrected chi connectivity index (χ2v) is 3.99.